The number of guanidine groups is 1. The van der Waals surface area contributed by atoms with Crippen molar-refractivity contribution in [3.8, 4) is 0 Å². The van der Waals surface area contributed by atoms with E-state index in [2.05, 4.69) is 72.7 Å². The van der Waals surface area contributed by atoms with E-state index in [9.17, 15) is 0 Å². The minimum Gasteiger partial charge on any atom is -0.373 e. The minimum atomic E-state index is 0.155. The molecule has 0 amide bonds. The van der Waals surface area contributed by atoms with Gasteiger partial charge >= 0.3 is 0 Å². The molecular weight excluding hydrogens is 322 g/mol. The first-order chi connectivity index (χ1) is 12.8. The molecular formula is C22H29N3O. The Morgan fingerprint density at radius 1 is 1.12 bits per heavy atom. The Balaban J connectivity index is 1.66. The van der Waals surface area contributed by atoms with E-state index in [1.165, 1.54) is 11.1 Å². The van der Waals surface area contributed by atoms with Gasteiger partial charge in [0.1, 0.15) is 0 Å². The van der Waals surface area contributed by atoms with E-state index >= 15 is 0 Å². The normalized spacial score (nSPS) is 20.2. The summed E-state index contributed by atoms with van der Waals surface area (Å²) < 4.78 is 6.00. The van der Waals surface area contributed by atoms with Gasteiger partial charge < -0.3 is 15.0 Å². The van der Waals surface area contributed by atoms with E-state index in [0.29, 0.717) is 5.92 Å². The van der Waals surface area contributed by atoms with Gasteiger partial charge in [-0.2, -0.15) is 0 Å². The molecule has 1 N–H and O–H groups in total. The average molecular weight is 351 g/mol. The Bertz CT molecular complexity index is 687. The molecule has 4 nitrogen and oxygen atoms in total. The first-order valence-corrected chi connectivity index (χ1v) is 9.48. The lowest BCUT2D eigenvalue weighted by Gasteiger charge is -2.23. The number of hydrogen-bond acceptors (Lipinski definition) is 2. The highest BCUT2D eigenvalue weighted by molar-refractivity contribution is 5.79. The SMILES string of the molecule is CCNC(=NCC1CCOC1c1ccccc1)N(C)Cc1ccccc1. The highest BCUT2D eigenvalue weighted by Crippen LogP contribution is 2.34. The number of nitrogens with zero attached hydrogens (tertiary/aromatic N) is 2. The van der Waals surface area contributed by atoms with Gasteiger partial charge in [-0.3, -0.25) is 4.99 Å². The third-order valence-corrected chi connectivity index (χ3v) is 4.78. The van der Waals surface area contributed by atoms with Crippen molar-refractivity contribution in [3.05, 3.63) is 71.8 Å². The van der Waals surface area contributed by atoms with Gasteiger partial charge in [0, 0.05) is 39.2 Å². The highest BCUT2D eigenvalue weighted by Gasteiger charge is 2.29. The van der Waals surface area contributed by atoms with Crippen LogP contribution >= 0.6 is 0 Å². The Morgan fingerprint density at radius 2 is 1.81 bits per heavy atom. The van der Waals surface area contributed by atoms with Gasteiger partial charge in [0.2, 0.25) is 0 Å². The summed E-state index contributed by atoms with van der Waals surface area (Å²) in [5, 5.41) is 3.42. The summed E-state index contributed by atoms with van der Waals surface area (Å²) in [4.78, 5) is 7.11. The van der Waals surface area contributed by atoms with Crippen molar-refractivity contribution >= 4 is 5.96 Å². The minimum absolute atomic E-state index is 0.155. The van der Waals surface area contributed by atoms with Crippen LogP contribution in [0.15, 0.2) is 65.7 Å². The maximum absolute atomic E-state index is 6.00. The number of nitrogens with one attached hydrogen (secondary N) is 1. The lowest BCUT2D eigenvalue weighted by molar-refractivity contribution is 0.0925. The molecule has 1 aliphatic heterocycles. The predicted molar refractivity (Wildman–Crippen MR) is 107 cm³/mol. The van der Waals surface area contributed by atoms with Crippen LogP contribution in [0.1, 0.15) is 30.6 Å². The van der Waals surface area contributed by atoms with Crippen LogP contribution in [0.5, 0.6) is 0 Å². The third kappa shape index (κ3) is 4.85. The number of aliphatic imine (C=N–C) groups is 1. The molecule has 4 heteroatoms. The molecule has 2 aromatic rings. The predicted octanol–water partition coefficient (Wildman–Crippen LogP) is 3.86. The third-order valence-electron chi connectivity index (χ3n) is 4.78. The quantitative estimate of drug-likeness (QED) is 0.634. The standard InChI is InChI=1S/C22H29N3O/c1-3-23-22(25(2)17-18-10-6-4-7-11-18)24-16-20-14-15-26-21(20)19-12-8-5-9-13-19/h4-13,20-21H,3,14-17H2,1-2H3,(H,23,24). The van der Waals surface area contributed by atoms with Crippen LogP contribution in [0.2, 0.25) is 0 Å². The lowest BCUT2D eigenvalue weighted by atomic mass is 9.95. The zero-order valence-corrected chi connectivity index (χ0v) is 15.8. The summed E-state index contributed by atoms with van der Waals surface area (Å²) in [7, 11) is 2.09. The largest absolute Gasteiger partial charge is 0.373 e. The van der Waals surface area contributed by atoms with Crippen LogP contribution in [0.25, 0.3) is 0 Å². The van der Waals surface area contributed by atoms with Crippen LogP contribution in [-0.4, -0.2) is 37.6 Å². The Kier molecular flexibility index (Phi) is 6.67. The van der Waals surface area contributed by atoms with Crippen LogP contribution in [0.4, 0.5) is 0 Å². The fourth-order valence-electron chi connectivity index (χ4n) is 3.44. The molecule has 2 atom stereocenters. The summed E-state index contributed by atoms with van der Waals surface area (Å²) in [6, 6.07) is 21.0. The topological polar surface area (TPSA) is 36.9 Å². The summed E-state index contributed by atoms with van der Waals surface area (Å²) in [6.45, 7) is 5.41. The van der Waals surface area contributed by atoms with Crippen LogP contribution < -0.4 is 5.32 Å². The summed E-state index contributed by atoms with van der Waals surface area (Å²) >= 11 is 0. The van der Waals surface area contributed by atoms with E-state index in [-0.39, 0.29) is 6.10 Å². The van der Waals surface area contributed by atoms with E-state index < -0.39 is 0 Å². The average Bonchev–Trinajstić information content (AvgIpc) is 3.15. The van der Waals surface area contributed by atoms with Crippen LogP contribution in [0, 0.1) is 5.92 Å². The smallest absolute Gasteiger partial charge is 0.193 e. The first kappa shape index (κ1) is 18.5. The molecule has 3 rings (SSSR count). The summed E-state index contributed by atoms with van der Waals surface area (Å²) in [6.07, 6.45) is 1.22. The molecule has 0 saturated carbocycles. The molecule has 0 radical (unpaired) electrons. The lowest BCUT2D eigenvalue weighted by Crippen LogP contribution is -2.38. The second-order valence-electron chi connectivity index (χ2n) is 6.79. The first-order valence-electron chi connectivity index (χ1n) is 9.48. The van der Waals surface area contributed by atoms with E-state index in [1.54, 1.807) is 0 Å². The van der Waals surface area contributed by atoms with Gasteiger partial charge in [0.25, 0.3) is 0 Å². The van der Waals surface area contributed by atoms with Crippen LogP contribution in [0.3, 0.4) is 0 Å². The Morgan fingerprint density at radius 3 is 2.50 bits per heavy atom. The second kappa shape index (κ2) is 9.39. The van der Waals surface area contributed by atoms with Gasteiger partial charge in [0.15, 0.2) is 5.96 Å². The molecule has 1 heterocycles. The summed E-state index contributed by atoms with van der Waals surface area (Å²) in [5.41, 5.74) is 2.54. The van der Waals surface area contributed by atoms with Crippen molar-refractivity contribution in [2.24, 2.45) is 10.9 Å². The fraction of sp³-hybridized carbons (Fsp3) is 0.409. The highest BCUT2D eigenvalue weighted by atomic mass is 16.5. The monoisotopic (exact) mass is 351 g/mol. The van der Waals surface area contributed by atoms with E-state index in [4.69, 9.17) is 9.73 Å². The Labute approximate surface area is 156 Å². The molecule has 2 aromatic carbocycles. The number of hydrogen-bond donors (Lipinski definition) is 1. The molecule has 1 fully saturated rings. The van der Waals surface area contributed by atoms with Crippen molar-refractivity contribution < 1.29 is 4.74 Å². The molecule has 0 aliphatic carbocycles. The molecule has 138 valence electrons. The molecule has 0 aromatic heterocycles. The summed E-state index contributed by atoms with van der Waals surface area (Å²) in [5.74, 6) is 1.38. The maximum atomic E-state index is 6.00. The zero-order valence-electron chi connectivity index (χ0n) is 15.8. The number of benzene rings is 2. The fourth-order valence-corrected chi connectivity index (χ4v) is 3.44. The molecule has 0 bridgehead atoms. The van der Waals surface area contributed by atoms with Gasteiger partial charge in [-0.15, -0.1) is 0 Å². The maximum Gasteiger partial charge on any atom is 0.193 e. The van der Waals surface area contributed by atoms with E-state index in [1.807, 2.05) is 12.1 Å². The van der Waals surface area contributed by atoms with Crippen LogP contribution in [-0.2, 0) is 11.3 Å². The van der Waals surface area contributed by atoms with Gasteiger partial charge in [-0.05, 0) is 24.5 Å². The van der Waals surface area contributed by atoms with Crippen molar-refractivity contribution in [3.63, 3.8) is 0 Å². The van der Waals surface area contributed by atoms with E-state index in [0.717, 1.165) is 38.6 Å². The molecule has 26 heavy (non-hydrogen) atoms. The molecule has 1 aliphatic rings. The van der Waals surface area contributed by atoms with Gasteiger partial charge in [-0.1, -0.05) is 60.7 Å². The van der Waals surface area contributed by atoms with Gasteiger partial charge in [0.05, 0.1) is 6.10 Å². The molecule has 0 spiro atoms. The van der Waals surface area contributed by atoms with Gasteiger partial charge in [-0.25, -0.2) is 0 Å². The molecule has 1 saturated heterocycles. The van der Waals surface area contributed by atoms with Crippen molar-refractivity contribution in [2.75, 3.05) is 26.7 Å². The number of ether oxygens (including phenoxy) is 1. The molecule has 2 unspecified atom stereocenters. The van der Waals surface area contributed by atoms with Crippen molar-refractivity contribution in [1.82, 2.24) is 10.2 Å². The van der Waals surface area contributed by atoms with Crippen molar-refractivity contribution in [2.45, 2.75) is 26.0 Å². The zero-order chi connectivity index (χ0) is 18.2. The second-order valence-corrected chi connectivity index (χ2v) is 6.79. The van der Waals surface area contributed by atoms with Crippen molar-refractivity contribution in [1.29, 1.82) is 0 Å². The number of rotatable bonds is 6. The Hall–Kier alpha value is -2.33.